The normalized spacial score (nSPS) is 11.3. The van der Waals surface area contributed by atoms with Crippen LogP contribution >= 0.6 is 27.5 Å². The molecule has 0 heterocycles. The highest BCUT2D eigenvalue weighted by molar-refractivity contribution is 9.10. The number of hydrogen-bond donors (Lipinski definition) is 3. The summed E-state index contributed by atoms with van der Waals surface area (Å²) in [6, 6.07) is 26.9. The number of nitrogens with one attached hydrogen (secondary N) is 1. The van der Waals surface area contributed by atoms with E-state index in [1.807, 2.05) is 0 Å². The molecule has 4 aromatic rings. The minimum atomic E-state index is -1.95. The second-order valence-corrected chi connectivity index (χ2v) is 9.51. The molecule has 0 saturated heterocycles. The van der Waals surface area contributed by atoms with Gasteiger partial charge in [0.1, 0.15) is 6.61 Å². The van der Waals surface area contributed by atoms with Crippen molar-refractivity contribution in [3.8, 4) is 5.75 Å². The van der Waals surface area contributed by atoms with E-state index in [-0.39, 0.29) is 12.2 Å². The van der Waals surface area contributed by atoms with Crippen molar-refractivity contribution >= 4 is 45.6 Å². The van der Waals surface area contributed by atoms with Crippen LogP contribution in [0, 0.1) is 0 Å². The number of aromatic carboxylic acids is 1. The molecule has 0 fully saturated rings. The summed E-state index contributed by atoms with van der Waals surface area (Å²) < 4.78 is 6.38. The molecule has 4 aromatic carbocycles. The first kappa shape index (κ1) is 27.1. The molecule has 4 rings (SSSR count). The zero-order valence-electron chi connectivity index (χ0n) is 19.8. The summed E-state index contributed by atoms with van der Waals surface area (Å²) in [5.41, 5.74) is 2.83. The Morgan fingerprint density at radius 2 is 1.53 bits per heavy atom. The molecular formula is C29H22BrClN2O5. The first-order valence-electron chi connectivity index (χ1n) is 11.4. The fourth-order valence-electron chi connectivity index (χ4n) is 3.72. The Morgan fingerprint density at radius 3 is 2.05 bits per heavy atom. The van der Waals surface area contributed by atoms with Crippen LogP contribution in [0.5, 0.6) is 5.75 Å². The van der Waals surface area contributed by atoms with Crippen molar-refractivity contribution in [2.24, 2.45) is 5.10 Å². The number of halogens is 2. The topological polar surface area (TPSA) is 108 Å². The maximum atomic E-state index is 13.2. The molecule has 0 aromatic heterocycles. The van der Waals surface area contributed by atoms with E-state index in [4.69, 9.17) is 21.4 Å². The lowest BCUT2D eigenvalue weighted by atomic mass is 9.85. The second kappa shape index (κ2) is 12.0. The van der Waals surface area contributed by atoms with Gasteiger partial charge in [-0.05, 0) is 62.4 Å². The van der Waals surface area contributed by atoms with Gasteiger partial charge in [0.2, 0.25) is 0 Å². The molecule has 0 atom stereocenters. The molecule has 9 heteroatoms. The number of amides is 1. The van der Waals surface area contributed by atoms with Crippen molar-refractivity contribution in [2.75, 3.05) is 0 Å². The van der Waals surface area contributed by atoms with Crippen molar-refractivity contribution in [2.45, 2.75) is 12.2 Å². The number of hydrazone groups is 1. The molecule has 0 spiro atoms. The highest BCUT2D eigenvalue weighted by Crippen LogP contribution is 2.35. The maximum Gasteiger partial charge on any atom is 0.335 e. The first-order valence-corrected chi connectivity index (χ1v) is 12.6. The lowest BCUT2D eigenvalue weighted by molar-refractivity contribution is -0.136. The van der Waals surface area contributed by atoms with E-state index in [1.54, 1.807) is 84.9 Å². The number of nitrogens with zero attached hydrogens (tertiary/aromatic N) is 1. The fourth-order valence-corrected chi connectivity index (χ4v) is 4.71. The molecule has 38 heavy (non-hydrogen) atoms. The molecule has 0 bridgehead atoms. The fraction of sp³-hybridized carbons (Fsp3) is 0.0690. The lowest BCUT2D eigenvalue weighted by Gasteiger charge is -2.27. The van der Waals surface area contributed by atoms with Crippen molar-refractivity contribution in [3.05, 3.63) is 134 Å². The summed E-state index contributed by atoms with van der Waals surface area (Å²) in [6.45, 7) is 0.180. The molecule has 0 radical (unpaired) electrons. The molecule has 0 saturated carbocycles. The van der Waals surface area contributed by atoms with Gasteiger partial charge in [0.05, 0.1) is 21.3 Å². The summed E-state index contributed by atoms with van der Waals surface area (Å²) in [6.07, 6.45) is 1.40. The van der Waals surface area contributed by atoms with E-state index in [0.717, 1.165) is 5.56 Å². The van der Waals surface area contributed by atoms with E-state index >= 15 is 0 Å². The number of benzene rings is 4. The summed E-state index contributed by atoms with van der Waals surface area (Å²) in [5.74, 6) is -1.32. The average molecular weight is 594 g/mol. The van der Waals surface area contributed by atoms with Crippen LogP contribution in [0.3, 0.4) is 0 Å². The number of carbonyl (C=O) groups is 2. The largest absolute Gasteiger partial charge is 0.486 e. The van der Waals surface area contributed by atoms with Crippen LogP contribution in [0.15, 0.2) is 107 Å². The third-order valence-electron chi connectivity index (χ3n) is 5.70. The van der Waals surface area contributed by atoms with Gasteiger partial charge in [-0.1, -0.05) is 84.4 Å². The molecule has 192 valence electrons. The predicted octanol–water partition coefficient (Wildman–Crippen LogP) is 5.77. The van der Waals surface area contributed by atoms with Gasteiger partial charge in [0, 0.05) is 0 Å². The van der Waals surface area contributed by atoms with E-state index in [2.05, 4.69) is 26.5 Å². The van der Waals surface area contributed by atoms with Crippen LogP contribution in [0.2, 0.25) is 5.02 Å². The summed E-state index contributed by atoms with van der Waals surface area (Å²) in [4.78, 5) is 24.2. The van der Waals surface area contributed by atoms with Crippen LogP contribution in [0.25, 0.3) is 0 Å². The Bertz CT molecular complexity index is 1400. The lowest BCUT2D eigenvalue weighted by Crippen LogP contribution is -2.43. The van der Waals surface area contributed by atoms with Crippen LogP contribution in [-0.2, 0) is 17.0 Å². The van der Waals surface area contributed by atoms with Crippen molar-refractivity contribution in [1.82, 2.24) is 5.43 Å². The Labute approximate surface area is 232 Å². The smallest absolute Gasteiger partial charge is 0.335 e. The third kappa shape index (κ3) is 6.11. The molecule has 1 amide bonds. The molecule has 0 unspecified atom stereocenters. The molecule has 7 nitrogen and oxygen atoms in total. The van der Waals surface area contributed by atoms with Crippen LogP contribution in [-0.4, -0.2) is 28.3 Å². The van der Waals surface area contributed by atoms with Gasteiger partial charge < -0.3 is 14.9 Å². The van der Waals surface area contributed by atoms with E-state index in [0.29, 0.717) is 31.9 Å². The van der Waals surface area contributed by atoms with Gasteiger partial charge in [-0.2, -0.15) is 5.10 Å². The van der Waals surface area contributed by atoms with Crippen LogP contribution < -0.4 is 10.2 Å². The number of hydrogen-bond acceptors (Lipinski definition) is 5. The predicted molar refractivity (Wildman–Crippen MR) is 149 cm³/mol. The zero-order chi connectivity index (χ0) is 27.1. The molecule has 3 N–H and O–H groups in total. The zero-order valence-corrected chi connectivity index (χ0v) is 22.2. The van der Waals surface area contributed by atoms with Crippen LogP contribution in [0.4, 0.5) is 0 Å². The van der Waals surface area contributed by atoms with E-state index in [1.165, 1.54) is 18.3 Å². The van der Waals surface area contributed by atoms with Gasteiger partial charge in [-0.15, -0.1) is 0 Å². The monoisotopic (exact) mass is 592 g/mol. The Balaban J connectivity index is 1.47. The molecular weight excluding hydrogens is 572 g/mol. The SMILES string of the molecule is O=C(O)c1ccc(COc2c(Cl)cc(/C=N/NC(=O)C(O)(c3ccccc3)c3ccccc3)cc2Br)cc1. The highest BCUT2D eigenvalue weighted by atomic mass is 79.9. The maximum absolute atomic E-state index is 13.2. The Kier molecular flexibility index (Phi) is 8.58. The molecule has 0 aliphatic carbocycles. The number of carbonyl (C=O) groups excluding carboxylic acids is 1. The number of rotatable bonds is 9. The Morgan fingerprint density at radius 1 is 0.947 bits per heavy atom. The quantitative estimate of drug-likeness (QED) is 0.169. The van der Waals surface area contributed by atoms with E-state index < -0.39 is 17.5 Å². The molecule has 0 aliphatic rings. The van der Waals surface area contributed by atoms with Gasteiger partial charge in [-0.25, -0.2) is 10.2 Å². The van der Waals surface area contributed by atoms with Gasteiger partial charge in [0.15, 0.2) is 11.4 Å². The number of aliphatic hydroxyl groups is 1. The highest BCUT2D eigenvalue weighted by Gasteiger charge is 2.39. The minimum absolute atomic E-state index is 0.180. The standard InChI is InChI=1S/C29H22BrClN2O5/c30-24-15-20(16-25(31)26(24)38-18-19-11-13-21(14-12-19)27(34)35)17-32-33-28(36)29(37,22-7-3-1-4-8-22)23-9-5-2-6-10-23/h1-17,37H,18H2,(H,33,36)(H,34,35)/b32-17+. The number of ether oxygens (including phenoxy) is 1. The van der Waals surface area contributed by atoms with Crippen LogP contribution in [0.1, 0.15) is 32.6 Å². The average Bonchev–Trinajstić information content (AvgIpc) is 2.93. The summed E-state index contributed by atoms with van der Waals surface area (Å²) in [7, 11) is 0. The van der Waals surface area contributed by atoms with Crippen molar-refractivity contribution in [3.63, 3.8) is 0 Å². The number of carboxylic acids is 1. The number of carboxylic acid groups (broad SMARTS) is 1. The van der Waals surface area contributed by atoms with Gasteiger partial charge >= 0.3 is 5.97 Å². The third-order valence-corrected chi connectivity index (χ3v) is 6.57. The first-order chi connectivity index (χ1) is 18.3. The molecule has 0 aliphatic heterocycles. The summed E-state index contributed by atoms with van der Waals surface area (Å²) in [5, 5.41) is 24.8. The minimum Gasteiger partial charge on any atom is -0.486 e. The van der Waals surface area contributed by atoms with Gasteiger partial charge in [0.25, 0.3) is 5.91 Å². The van der Waals surface area contributed by atoms with Crippen molar-refractivity contribution < 1.29 is 24.5 Å². The summed E-state index contributed by atoms with van der Waals surface area (Å²) >= 11 is 9.86. The van der Waals surface area contributed by atoms with Crippen molar-refractivity contribution in [1.29, 1.82) is 0 Å². The van der Waals surface area contributed by atoms with Gasteiger partial charge in [-0.3, -0.25) is 4.79 Å². The Hall–Kier alpha value is -3.98. The van der Waals surface area contributed by atoms with E-state index in [9.17, 15) is 14.7 Å². The second-order valence-electron chi connectivity index (χ2n) is 8.25.